The van der Waals surface area contributed by atoms with Crippen LogP contribution in [0.5, 0.6) is 5.75 Å². The van der Waals surface area contributed by atoms with E-state index in [1.807, 2.05) is 6.92 Å². The first kappa shape index (κ1) is 18.9. The van der Waals surface area contributed by atoms with Gasteiger partial charge in [0, 0.05) is 22.5 Å². The number of halogens is 2. The van der Waals surface area contributed by atoms with Crippen molar-refractivity contribution in [2.24, 2.45) is 0 Å². The van der Waals surface area contributed by atoms with Crippen molar-refractivity contribution in [3.05, 3.63) is 69.3 Å². The third-order valence-corrected chi connectivity index (χ3v) is 4.13. The van der Waals surface area contributed by atoms with Crippen molar-refractivity contribution >= 4 is 34.2 Å². The van der Waals surface area contributed by atoms with Crippen LogP contribution in [0.3, 0.4) is 0 Å². The van der Waals surface area contributed by atoms with Gasteiger partial charge in [-0.05, 0) is 42.3 Å². The molecular formula is C20H17ClFNO4. The van der Waals surface area contributed by atoms with Crippen LogP contribution >= 0.6 is 11.6 Å². The fourth-order valence-electron chi connectivity index (χ4n) is 2.70. The molecule has 1 heterocycles. The highest BCUT2D eigenvalue weighted by Gasteiger charge is 2.10. The number of rotatable bonds is 6. The highest BCUT2D eigenvalue weighted by Crippen LogP contribution is 2.24. The van der Waals surface area contributed by atoms with Gasteiger partial charge in [-0.3, -0.25) is 4.79 Å². The van der Waals surface area contributed by atoms with Crippen LogP contribution in [-0.2, 0) is 11.2 Å². The van der Waals surface area contributed by atoms with Gasteiger partial charge < -0.3 is 14.5 Å². The summed E-state index contributed by atoms with van der Waals surface area (Å²) in [5.41, 5.74) is 0.889. The maximum atomic E-state index is 13.7. The smallest absolute Gasteiger partial charge is 0.336 e. The summed E-state index contributed by atoms with van der Waals surface area (Å²) in [6, 6.07) is 10.5. The van der Waals surface area contributed by atoms with Crippen LogP contribution in [0.2, 0.25) is 5.02 Å². The number of nitrogens with one attached hydrogen (secondary N) is 1. The Balaban J connectivity index is 1.71. The summed E-state index contributed by atoms with van der Waals surface area (Å²) in [5.74, 6) is -0.796. The summed E-state index contributed by atoms with van der Waals surface area (Å²) in [6.07, 6.45) is 1.66. The van der Waals surface area contributed by atoms with Crippen molar-refractivity contribution in [1.82, 2.24) is 0 Å². The van der Waals surface area contributed by atoms with Gasteiger partial charge in [-0.1, -0.05) is 24.9 Å². The van der Waals surface area contributed by atoms with E-state index in [9.17, 15) is 14.0 Å². The number of fused-ring (bicyclic) bond motifs is 1. The Kier molecular flexibility index (Phi) is 5.76. The molecule has 0 unspecified atom stereocenters. The van der Waals surface area contributed by atoms with Crippen LogP contribution in [0.1, 0.15) is 18.9 Å². The van der Waals surface area contributed by atoms with Gasteiger partial charge in [0.1, 0.15) is 17.1 Å². The Hall–Kier alpha value is -2.86. The van der Waals surface area contributed by atoms with Crippen LogP contribution < -0.4 is 15.7 Å². The Morgan fingerprint density at radius 2 is 2.04 bits per heavy atom. The maximum absolute atomic E-state index is 13.7. The van der Waals surface area contributed by atoms with E-state index in [0.717, 1.165) is 29.9 Å². The molecular weight excluding hydrogens is 373 g/mol. The summed E-state index contributed by atoms with van der Waals surface area (Å²) in [7, 11) is 0. The summed E-state index contributed by atoms with van der Waals surface area (Å²) in [5, 5.41) is 3.48. The largest absolute Gasteiger partial charge is 0.484 e. The van der Waals surface area contributed by atoms with E-state index in [4.69, 9.17) is 20.8 Å². The Morgan fingerprint density at radius 3 is 2.78 bits per heavy atom. The summed E-state index contributed by atoms with van der Waals surface area (Å²) in [6.45, 7) is 1.70. The third kappa shape index (κ3) is 4.65. The lowest BCUT2D eigenvalue weighted by atomic mass is 10.1. The van der Waals surface area contributed by atoms with Gasteiger partial charge in [-0.2, -0.15) is 0 Å². The van der Waals surface area contributed by atoms with Crippen LogP contribution in [0.4, 0.5) is 10.1 Å². The van der Waals surface area contributed by atoms with Crippen molar-refractivity contribution in [3.8, 4) is 5.75 Å². The molecule has 2 aromatic carbocycles. The molecule has 0 spiro atoms. The predicted octanol–water partition coefficient (Wildman–Crippen LogP) is 4.56. The second-order valence-corrected chi connectivity index (χ2v) is 6.40. The lowest BCUT2D eigenvalue weighted by Gasteiger charge is -2.10. The monoisotopic (exact) mass is 389 g/mol. The number of hydrogen-bond acceptors (Lipinski definition) is 4. The molecule has 0 aliphatic heterocycles. The second-order valence-electron chi connectivity index (χ2n) is 5.96. The van der Waals surface area contributed by atoms with E-state index >= 15 is 0 Å². The maximum Gasteiger partial charge on any atom is 0.336 e. The Labute approximate surface area is 159 Å². The van der Waals surface area contributed by atoms with Crippen molar-refractivity contribution in [2.75, 3.05) is 11.9 Å². The van der Waals surface area contributed by atoms with Gasteiger partial charge in [-0.25, -0.2) is 9.18 Å². The predicted molar refractivity (Wildman–Crippen MR) is 102 cm³/mol. The molecule has 5 nitrogen and oxygen atoms in total. The van der Waals surface area contributed by atoms with Gasteiger partial charge in [0.15, 0.2) is 6.61 Å². The minimum atomic E-state index is -0.633. The summed E-state index contributed by atoms with van der Waals surface area (Å²) < 4.78 is 24.4. The molecule has 0 bridgehead atoms. The number of ether oxygens (including phenoxy) is 1. The summed E-state index contributed by atoms with van der Waals surface area (Å²) >= 11 is 5.68. The quantitative estimate of drug-likeness (QED) is 0.628. The molecule has 0 atom stereocenters. The average Bonchev–Trinajstić information content (AvgIpc) is 2.62. The number of hydrogen-bond donors (Lipinski definition) is 1. The van der Waals surface area contributed by atoms with Crippen molar-refractivity contribution in [1.29, 1.82) is 0 Å². The van der Waals surface area contributed by atoms with E-state index in [1.165, 1.54) is 18.2 Å². The highest BCUT2D eigenvalue weighted by molar-refractivity contribution is 6.30. The molecule has 27 heavy (non-hydrogen) atoms. The minimum absolute atomic E-state index is 0.0155. The normalized spacial score (nSPS) is 10.8. The van der Waals surface area contributed by atoms with E-state index in [2.05, 4.69) is 5.32 Å². The first-order valence-corrected chi connectivity index (χ1v) is 8.78. The summed E-state index contributed by atoms with van der Waals surface area (Å²) in [4.78, 5) is 23.7. The first-order valence-electron chi connectivity index (χ1n) is 8.40. The molecule has 0 saturated carbocycles. The molecule has 0 saturated heterocycles. The number of carbonyl (C=O) groups excluding carboxylic acids is 1. The molecule has 140 valence electrons. The zero-order valence-electron chi connectivity index (χ0n) is 14.6. The fourth-order valence-corrected chi connectivity index (χ4v) is 2.86. The van der Waals surface area contributed by atoms with Crippen LogP contribution in [-0.4, -0.2) is 12.5 Å². The van der Waals surface area contributed by atoms with E-state index < -0.39 is 17.3 Å². The van der Waals surface area contributed by atoms with Crippen molar-refractivity contribution < 1.29 is 18.3 Å². The molecule has 3 rings (SSSR count). The van der Waals surface area contributed by atoms with Gasteiger partial charge in [-0.15, -0.1) is 0 Å². The first-order chi connectivity index (χ1) is 13.0. The average molecular weight is 390 g/mol. The highest BCUT2D eigenvalue weighted by atomic mass is 35.5. The molecule has 1 N–H and O–H groups in total. The fraction of sp³-hybridized carbons (Fsp3) is 0.200. The zero-order valence-corrected chi connectivity index (χ0v) is 15.3. The molecule has 0 aliphatic rings. The molecule has 1 aromatic heterocycles. The molecule has 0 aliphatic carbocycles. The van der Waals surface area contributed by atoms with Gasteiger partial charge in [0.2, 0.25) is 0 Å². The van der Waals surface area contributed by atoms with Crippen molar-refractivity contribution in [2.45, 2.75) is 19.8 Å². The molecule has 1 amide bonds. The molecule has 3 aromatic rings. The lowest BCUT2D eigenvalue weighted by Crippen LogP contribution is -2.20. The molecule has 7 heteroatoms. The minimum Gasteiger partial charge on any atom is -0.484 e. The van der Waals surface area contributed by atoms with E-state index in [1.54, 1.807) is 18.2 Å². The second kappa shape index (κ2) is 8.22. The standard InChI is InChI=1S/C20H17ClFNO4/c1-2-3-12-8-20(25)27-18-10-14(5-6-15(12)18)26-11-19(24)23-17-7-4-13(21)9-16(17)22/h4-10H,2-3,11H2,1H3,(H,23,24). The lowest BCUT2D eigenvalue weighted by molar-refractivity contribution is -0.118. The zero-order chi connectivity index (χ0) is 19.4. The van der Waals surface area contributed by atoms with E-state index in [-0.39, 0.29) is 17.3 Å². The molecule has 0 radical (unpaired) electrons. The van der Waals surface area contributed by atoms with Crippen molar-refractivity contribution in [3.63, 3.8) is 0 Å². The van der Waals surface area contributed by atoms with Crippen LogP contribution in [0.15, 0.2) is 51.7 Å². The van der Waals surface area contributed by atoms with E-state index in [0.29, 0.717) is 11.3 Å². The SMILES string of the molecule is CCCc1cc(=O)oc2cc(OCC(=O)Nc3ccc(Cl)cc3F)ccc12. The number of anilines is 1. The number of carbonyl (C=O) groups is 1. The number of aryl methyl sites for hydroxylation is 1. The number of benzene rings is 2. The third-order valence-electron chi connectivity index (χ3n) is 3.90. The Bertz CT molecular complexity index is 1050. The molecule has 0 fully saturated rings. The Morgan fingerprint density at radius 1 is 1.22 bits per heavy atom. The van der Waals surface area contributed by atoms with Crippen LogP contribution in [0, 0.1) is 5.82 Å². The van der Waals surface area contributed by atoms with Gasteiger partial charge in [0.05, 0.1) is 5.69 Å². The van der Waals surface area contributed by atoms with Gasteiger partial charge in [0.25, 0.3) is 5.91 Å². The van der Waals surface area contributed by atoms with Gasteiger partial charge >= 0.3 is 5.63 Å². The van der Waals surface area contributed by atoms with Crippen LogP contribution in [0.25, 0.3) is 11.0 Å². The number of amides is 1. The topological polar surface area (TPSA) is 68.5 Å².